The molecule has 0 aliphatic heterocycles. The van der Waals surface area contributed by atoms with Crippen LogP contribution in [-0.2, 0) is 4.84 Å². The largest absolute Gasteiger partial charge is 0.399 e. The van der Waals surface area contributed by atoms with E-state index in [1.807, 2.05) is 0 Å². The number of alkyl halides is 1. The molecule has 1 atom stereocenters. The highest BCUT2D eigenvalue weighted by molar-refractivity contribution is 6.32. The van der Waals surface area contributed by atoms with Gasteiger partial charge in [0.1, 0.15) is 7.11 Å². The minimum atomic E-state index is 0.119. The standard InChI is InChI=1S/C7H12ClNO/c1-10-9-7-5-3-2-4-6(7)8/h6H,2-5H2,1H3/b9-7+. The van der Waals surface area contributed by atoms with Crippen molar-refractivity contribution < 1.29 is 4.84 Å². The van der Waals surface area contributed by atoms with Gasteiger partial charge < -0.3 is 4.84 Å². The molecule has 1 aliphatic rings. The highest BCUT2D eigenvalue weighted by atomic mass is 35.5. The summed E-state index contributed by atoms with van der Waals surface area (Å²) in [5.41, 5.74) is 1.01. The number of rotatable bonds is 1. The second-order valence-electron chi connectivity index (χ2n) is 2.48. The lowest BCUT2D eigenvalue weighted by molar-refractivity contribution is 0.211. The smallest absolute Gasteiger partial charge is 0.106 e. The molecule has 0 radical (unpaired) electrons. The number of nitrogens with zero attached hydrogens (tertiary/aromatic N) is 1. The van der Waals surface area contributed by atoms with E-state index in [1.165, 1.54) is 12.8 Å². The van der Waals surface area contributed by atoms with Gasteiger partial charge >= 0.3 is 0 Å². The van der Waals surface area contributed by atoms with E-state index in [9.17, 15) is 0 Å². The van der Waals surface area contributed by atoms with Crippen molar-refractivity contribution in [3.05, 3.63) is 0 Å². The second-order valence-corrected chi connectivity index (χ2v) is 3.01. The van der Waals surface area contributed by atoms with Crippen molar-refractivity contribution in [2.24, 2.45) is 5.16 Å². The molecule has 0 bridgehead atoms. The molecule has 1 rings (SSSR count). The lowest BCUT2D eigenvalue weighted by Crippen LogP contribution is -2.19. The molecule has 0 amide bonds. The Bertz CT molecular complexity index is 136. The topological polar surface area (TPSA) is 21.6 Å². The minimum absolute atomic E-state index is 0.119. The van der Waals surface area contributed by atoms with Crippen LogP contribution in [0.2, 0.25) is 0 Å². The fourth-order valence-electron chi connectivity index (χ4n) is 1.17. The third-order valence-electron chi connectivity index (χ3n) is 1.71. The molecule has 0 aromatic heterocycles. The van der Waals surface area contributed by atoms with Crippen LogP contribution in [0.4, 0.5) is 0 Å². The Balaban J connectivity index is 2.47. The van der Waals surface area contributed by atoms with Gasteiger partial charge in [0, 0.05) is 0 Å². The molecule has 0 N–H and O–H groups in total. The third kappa shape index (κ3) is 1.87. The van der Waals surface area contributed by atoms with Crippen LogP contribution in [0.1, 0.15) is 25.7 Å². The van der Waals surface area contributed by atoms with Crippen LogP contribution in [0.3, 0.4) is 0 Å². The van der Waals surface area contributed by atoms with Gasteiger partial charge in [0.15, 0.2) is 0 Å². The molecule has 0 heterocycles. The maximum Gasteiger partial charge on any atom is 0.106 e. The van der Waals surface area contributed by atoms with Crippen molar-refractivity contribution in [1.82, 2.24) is 0 Å². The zero-order chi connectivity index (χ0) is 7.40. The van der Waals surface area contributed by atoms with Crippen LogP contribution in [0, 0.1) is 0 Å². The summed E-state index contributed by atoms with van der Waals surface area (Å²) in [6.07, 6.45) is 4.47. The first-order chi connectivity index (χ1) is 4.84. The Morgan fingerprint density at radius 2 is 2.40 bits per heavy atom. The molecular formula is C7H12ClNO. The Kier molecular flexibility index (Phi) is 3.00. The van der Waals surface area contributed by atoms with E-state index in [0.29, 0.717) is 0 Å². The van der Waals surface area contributed by atoms with Gasteiger partial charge in [-0.25, -0.2) is 0 Å². The summed E-state index contributed by atoms with van der Waals surface area (Å²) in [6, 6.07) is 0. The highest BCUT2D eigenvalue weighted by Gasteiger charge is 2.17. The normalized spacial score (nSPS) is 30.6. The van der Waals surface area contributed by atoms with Crippen molar-refractivity contribution in [3.63, 3.8) is 0 Å². The van der Waals surface area contributed by atoms with Crippen molar-refractivity contribution in [1.29, 1.82) is 0 Å². The SMILES string of the molecule is CO/N=C1\CCCCC1Cl. The molecule has 0 spiro atoms. The molecular weight excluding hydrogens is 150 g/mol. The molecule has 58 valence electrons. The van der Waals surface area contributed by atoms with E-state index in [-0.39, 0.29) is 5.38 Å². The van der Waals surface area contributed by atoms with Gasteiger partial charge in [-0.1, -0.05) is 11.6 Å². The lowest BCUT2D eigenvalue weighted by Gasteiger charge is -2.16. The van der Waals surface area contributed by atoms with Crippen LogP contribution >= 0.6 is 11.6 Å². The summed E-state index contributed by atoms with van der Waals surface area (Å²) in [7, 11) is 1.56. The lowest BCUT2D eigenvalue weighted by atomic mass is 9.98. The number of hydrogen-bond acceptors (Lipinski definition) is 2. The van der Waals surface area contributed by atoms with Gasteiger partial charge in [-0.05, 0) is 19.3 Å². The Morgan fingerprint density at radius 3 is 3.00 bits per heavy atom. The fourth-order valence-corrected chi connectivity index (χ4v) is 1.48. The van der Waals surface area contributed by atoms with Crippen molar-refractivity contribution in [3.8, 4) is 0 Å². The van der Waals surface area contributed by atoms with Crippen LogP contribution in [0.15, 0.2) is 5.16 Å². The van der Waals surface area contributed by atoms with Gasteiger partial charge in [0.2, 0.25) is 0 Å². The van der Waals surface area contributed by atoms with Crippen molar-refractivity contribution in [2.75, 3.05) is 7.11 Å². The molecule has 1 saturated carbocycles. The molecule has 0 aromatic rings. The van der Waals surface area contributed by atoms with E-state index in [0.717, 1.165) is 18.6 Å². The third-order valence-corrected chi connectivity index (χ3v) is 2.18. The average molecular weight is 162 g/mol. The van der Waals surface area contributed by atoms with Gasteiger partial charge in [-0.2, -0.15) is 0 Å². The number of halogens is 1. The molecule has 3 heteroatoms. The van der Waals surface area contributed by atoms with Crippen LogP contribution in [0.25, 0.3) is 0 Å². The molecule has 1 aliphatic carbocycles. The summed E-state index contributed by atoms with van der Waals surface area (Å²) in [5.74, 6) is 0. The number of oxime groups is 1. The van der Waals surface area contributed by atoms with Gasteiger partial charge in [-0.15, -0.1) is 11.6 Å². The summed E-state index contributed by atoms with van der Waals surface area (Å²) in [6.45, 7) is 0. The van der Waals surface area contributed by atoms with E-state index in [4.69, 9.17) is 11.6 Å². The number of hydrogen-bond donors (Lipinski definition) is 0. The molecule has 0 saturated heterocycles. The Hall–Kier alpha value is -0.240. The second kappa shape index (κ2) is 3.81. The minimum Gasteiger partial charge on any atom is -0.399 e. The van der Waals surface area contributed by atoms with E-state index >= 15 is 0 Å². The summed E-state index contributed by atoms with van der Waals surface area (Å²) in [4.78, 5) is 4.66. The first kappa shape index (κ1) is 7.86. The van der Waals surface area contributed by atoms with E-state index in [1.54, 1.807) is 7.11 Å². The zero-order valence-electron chi connectivity index (χ0n) is 6.14. The summed E-state index contributed by atoms with van der Waals surface area (Å²) >= 11 is 5.95. The Morgan fingerprint density at radius 1 is 1.60 bits per heavy atom. The highest BCUT2D eigenvalue weighted by Crippen LogP contribution is 2.20. The molecule has 2 nitrogen and oxygen atoms in total. The maximum absolute atomic E-state index is 5.95. The molecule has 1 fully saturated rings. The molecule has 10 heavy (non-hydrogen) atoms. The van der Waals surface area contributed by atoms with Gasteiger partial charge in [0.25, 0.3) is 0 Å². The summed E-state index contributed by atoms with van der Waals surface area (Å²) in [5, 5.41) is 3.97. The van der Waals surface area contributed by atoms with Crippen molar-refractivity contribution in [2.45, 2.75) is 31.1 Å². The zero-order valence-corrected chi connectivity index (χ0v) is 6.90. The van der Waals surface area contributed by atoms with Crippen molar-refractivity contribution >= 4 is 17.3 Å². The predicted octanol–water partition coefficient (Wildman–Crippen LogP) is 2.17. The van der Waals surface area contributed by atoms with Gasteiger partial charge in [0.05, 0.1) is 11.1 Å². The van der Waals surface area contributed by atoms with Crippen LogP contribution in [-0.4, -0.2) is 18.2 Å². The van der Waals surface area contributed by atoms with E-state index in [2.05, 4.69) is 9.99 Å². The Labute approximate surface area is 66.2 Å². The monoisotopic (exact) mass is 161 g/mol. The molecule has 1 unspecified atom stereocenters. The quantitative estimate of drug-likeness (QED) is 0.427. The predicted molar refractivity (Wildman–Crippen MR) is 42.6 cm³/mol. The fraction of sp³-hybridized carbons (Fsp3) is 0.857. The van der Waals surface area contributed by atoms with Crippen LogP contribution in [0.5, 0.6) is 0 Å². The van der Waals surface area contributed by atoms with Crippen LogP contribution < -0.4 is 0 Å². The summed E-state index contributed by atoms with van der Waals surface area (Å²) < 4.78 is 0. The first-order valence-electron chi connectivity index (χ1n) is 3.58. The van der Waals surface area contributed by atoms with E-state index < -0.39 is 0 Å². The average Bonchev–Trinajstić information content (AvgIpc) is 1.94. The molecule has 0 aromatic carbocycles. The maximum atomic E-state index is 5.95. The van der Waals surface area contributed by atoms with Gasteiger partial charge in [-0.3, -0.25) is 0 Å². The first-order valence-corrected chi connectivity index (χ1v) is 4.02.